The Morgan fingerprint density at radius 1 is 1.10 bits per heavy atom. The topological polar surface area (TPSA) is 58.6 Å². The summed E-state index contributed by atoms with van der Waals surface area (Å²) in [6.07, 6.45) is 11.5. The molecule has 0 heterocycles. The van der Waals surface area contributed by atoms with E-state index in [0.29, 0.717) is 41.1 Å². The molecule has 31 heavy (non-hydrogen) atoms. The summed E-state index contributed by atoms with van der Waals surface area (Å²) in [4.78, 5) is 12.0. The van der Waals surface area contributed by atoms with Gasteiger partial charge in [0.05, 0.1) is 12.2 Å². The highest BCUT2D eigenvalue weighted by Crippen LogP contribution is 2.68. The highest BCUT2D eigenvalue weighted by molar-refractivity contribution is 5.75. The fourth-order valence-corrected chi connectivity index (χ4v) is 9.25. The van der Waals surface area contributed by atoms with E-state index in [0.717, 1.165) is 50.0 Å². The van der Waals surface area contributed by atoms with Crippen molar-refractivity contribution in [3.05, 3.63) is 0 Å². The monoisotopic (exact) mass is 433 g/mol. The number of rotatable bonds is 6. The zero-order valence-electron chi connectivity index (χ0n) is 20.7. The summed E-state index contributed by atoms with van der Waals surface area (Å²) < 4.78 is 6.21. The molecule has 4 aliphatic carbocycles. The first-order valence-electron chi connectivity index (χ1n) is 13.2. The van der Waals surface area contributed by atoms with Crippen LogP contribution in [-0.2, 0) is 9.53 Å². The molecule has 2 N–H and O–H groups in total. The van der Waals surface area contributed by atoms with E-state index in [-0.39, 0.29) is 12.0 Å². The molecule has 178 valence electrons. The zero-order valence-corrected chi connectivity index (χ0v) is 20.7. The van der Waals surface area contributed by atoms with Crippen molar-refractivity contribution in [2.75, 3.05) is 13.7 Å². The zero-order chi connectivity index (χ0) is 22.4. The number of fused-ring (bicyclic) bond motifs is 5. The summed E-state index contributed by atoms with van der Waals surface area (Å²) in [5, 5.41) is 13.3. The molecule has 0 bridgehead atoms. The van der Waals surface area contributed by atoms with Crippen molar-refractivity contribution < 1.29 is 14.6 Å². The van der Waals surface area contributed by atoms with Crippen LogP contribution in [0.25, 0.3) is 0 Å². The number of hydrogen-bond donors (Lipinski definition) is 2. The van der Waals surface area contributed by atoms with E-state index in [1.165, 1.54) is 32.1 Å². The van der Waals surface area contributed by atoms with E-state index in [1.54, 1.807) is 0 Å². The third-order valence-corrected chi connectivity index (χ3v) is 10.9. The standard InChI is InChI=1S/C27H47NO3/c1-6-28-24(30)10-7-17(2)20-8-9-21-25-22(12-14-27(20,21)4)26(3)13-11-19(29)15-18(26)16-23(25)31-5/h17-23,25,29H,6-16H2,1-5H3,(H,28,30)/t17-,18+,19-,20-,21+,22+,23-,25+,26+,27-/m1/s1. The highest BCUT2D eigenvalue weighted by Gasteiger charge is 2.63. The van der Waals surface area contributed by atoms with Gasteiger partial charge in [0.1, 0.15) is 0 Å². The fraction of sp³-hybridized carbons (Fsp3) is 0.963. The van der Waals surface area contributed by atoms with Gasteiger partial charge in [0, 0.05) is 20.1 Å². The molecule has 0 aromatic carbocycles. The Kier molecular flexibility index (Phi) is 6.81. The van der Waals surface area contributed by atoms with Crippen molar-refractivity contribution in [1.82, 2.24) is 5.32 Å². The van der Waals surface area contributed by atoms with Gasteiger partial charge in [-0.3, -0.25) is 4.79 Å². The summed E-state index contributed by atoms with van der Waals surface area (Å²) in [6, 6.07) is 0. The summed E-state index contributed by atoms with van der Waals surface area (Å²) in [6.45, 7) is 10.3. The molecule has 0 aromatic heterocycles. The van der Waals surface area contributed by atoms with E-state index < -0.39 is 0 Å². The first kappa shape index (κ1) is 23.5. The molecule has 10 atom stereocenters. The van der Waals surface area contributed by atoms with Gasteiger partial charge in [0.15, 0.2) is 0 Å². The molecule has 4 rings (SSSR count). The van der Waals surface area contributed by atoms with Gasteiger partial charge in [0.2, 0.25) is 5.91 Å². The summed E-state index contributed by atoms with van der Waals surface area (Å²) in [5.74, 6) is 4.31. The highest BCUT2D eigenvalue weighted by atomic mass is 16.5. The van der Waals surface area contributed by atoms with Crippen LogP contribution >= 0.6 is 0 Å². The molecule has 1 amide bonds. The van der Waals surface area contributed by atoms with Crippen molar-refractivity contribution in [2.24, 2.45) is 46.3 Å². The first-order chi connectivity index (χ1) is 14.7. The summed E-state index contributed by atoms with van der Waals surface area (Å²) in [7, 11) is 1.93. The fourth-order valence-electron chi connectivity index (χ4n) is 9.25. The molecule has 0 saturated heterocycles. The number of methoxy groups -OCH3 is 1. The van der Waals surface area contributed by atoms with E-state index in [1.807, 2.05) is 14.0 Å². The molecule has 0 spiro atoms. The molecule has 0 unspecified atom stereocenters. The second-order valence-corrected chi connectivity index (χ2v) is 12.1. The Bertz CT molecular complexity index is 652. The maximum Gasteiger partial charge on any atom is 0.219 e. The van der Waals surface area contributed by atoms with Gasteiger partial charge in [-0.15, -0.1) is 0 Å². The van der Waals surface area contributed by atoms with Gasteiger partial charge in [-0.05, 0) is 111 Å². The average molecular weight is 434 g/mol. The number of ether oxygens (including phenoxy) is 1. The van der Waals surface area contributed by atoms with E-state index in [4.69, 9.17) is 4.74 Å². The first-order valence-corrected chi connectivity index (χ1v) is 13.2. The quantitative estimate of drug-likeness (QED) is 0.606. The number of aliphatic hydroxyl groups excluding tert-OH is 1. The van der Waals surface area contributed by atoms with Crippen LogP contribution in [0, 0.1) is 46.3 Å². The summed E-state index contributed by atoms with van der Waals surface area (Å²) >= 11 is 0. The maximum atomic E-state index is 12.0. The van der Waals surface area contributed by atoms with Crippen molar-refractivity contribution >= 4 is 5.91 Å². The van der Waals surface area contributed by atoms with Crippen LogP contribution in [0.5, 0.6) is 0 Å². The molecule has 4 nitrogen and oxygen atoms in total. The molecule has 0 aromatic rings. The van der Waals surface area contributed by atoms with Crippen molar-refractivity contribution in [2.45, 2.75) is 104 Å². The van der Waals surface area contributed by atoms with Gasteiger partial charge in [0.25, 0.3) is 0 Å². The van der Waals surface area contributed by atoms with Crippen LogP contribution in [0.4, 0.5) is 0 Å². The smallest absolute Gasteiger partial charge is 0.219 e. The van der Waals surface area contributed by atoms with Crippen LogP contribution in [0.3, 0.4) is 0 Å². The SMILES string of the molecule is CCNC(=O)CC[C@@H](C)[C@H]1CC[C@H]2[C@@H]3[C@H](OC)C[C@@H]4C[C@H](O)CC[C@]4(C)[C@H]3CC[C@]12C. The van der Waals surface area contributed by atoms with Crippen LogP contribution in [0.15, 0.2) is 0 Å². The van der Waals surface area contributed by atoms with Gasteiger partial charge in [-0.1, -0.05) is 20.8 Å². The van der Waals surface area contributed by atoms with Crippen LogP contribution < -0.4 is 5.32 Å². The summed E-state index contributed by atoms with van der Waals surface area (Å²) in [5.41, 5.74) is 0.762. The average Bonchev–Trinajstić information content (AvgIpc) is 3.09. The Labute approximate surface area is 190 Å². The molecule has 4 heteroatoms. The second kappa shape index (κ2) is 8.97. The number of amides is 1. The molecule has 0 radical (unpaired) electrons. The molecule has 0 aliphatic heterocycles. The van der Waals surface area contributed by atoms with Crippen LogP contribution in [0.1, 0.15) is 91.9 Å². The van der Waals surface area contributed by atoms with E-state index >= 15 is 0 Å². The largest absolute Gasteiger partial charge is 0.393 e. The number of aliphatic hydroxyl groups is 1. The third-order valence-electron chi connectivity index (χ3n) is 10.9. The van der Waals surface area contributed by atoms with Gasteiger partial charge >= 0.3 is 0 Å². The van der Waals surface area contributed by atoms with Crippen molar-refractivity contribution in [3.8, 4) is 0 Å². The van der Waals surface area contributed by atoms with Gasteiger partial charge in [-0.2, -0.15) is 0 Å². The van der Waals surface area contributed by atoms with Crippen molar-refractivity contribution in [1.29, 1.82) is 0 Å². The molecular weight excluding hydrogens is 386 g/mol. The molecular formula is C27H47NO3. The molecule has 4 fully saturated rings. The number of carbonyl (C=O) groups excluding carboxylic acids is 1. The lowest BCUT2D eigenvalue weighted by atomic mass is 9.43. The van der Waals surface area contributed by atoms with Crippen LogP contribution in [-0.4, -0.2) is 36.9 Å². The van der Waals surface area contributed by atoms with Gasteiger partial charge < -0.3 is 15.2 Å². The Morgan fingerprint density at radius 2 is 1.81 bits per heavy atom. The Hall–Kier alpha value is -0.610. The Balaban J connectivity index is 1.52. The lowest BCUT2D eigenvalue weighted by Gasteiger charge is -2.63. The minimum Gasteiger partial charge on any atom is -0.393 e. The van der Waals surface area contributed by atoms with Crippen molar-refractivity contribution in [3.63, 3.8) is 0 Å². The Morgan fingerprint density at radius 3 is 2.52 bits per heavy atom. The normalized spacial score (nSPS) is 47.7. The molecule has 4 saturated carbocycles. The van der Waals surface area contributed by atoms with E-state index in [9.17, 15) is 9.90 Å². The number of carbonyl (C=O) groups is 1. The molecule has 4 aliphatic rings. The number of nitrogens with one attached hydrogen (secondary N) is 1. The van der Waals surface area contributed by atoms with E-state index in [2.05, 4.69) is 26.1 Å². The lowest BCUT2D eigenvalue weighted by molar-refractivity contribution is -0.181. The van der Waals surface area contributed by atoms with Gasteiger partial charge in [-0.25, -0.2) is 0 Å². The lowest BCUT2D eigenvalue weighted by Crippen LogP contribution is -2.59. The minimum absolute atomic E-state index is 0.109. The maximum absolute atomic E-state index is 12.0. The number of hydrogen-bond acceptors (Lipinski definition) is 3. The van der Waals surface area contributed by atoms with Crippen LogP contribution in [0.2, 0.25) is 0 Å². The predicted molar refractivity (Wildman–Crippen MR) is 124 cm³/mol. The second-order valence-electron chi connectivity index (χ2n) is 12.1. The third kappa shape index (κ3) is 3.98. The predicted octanol–water partition coefficient (Wildman–Crippen LogP) is 5.18. The minimum atomic E-state index is -0.109.